The van der Waals surface area contributed by atoms with E-state index in [2.05, 4.69) is 15.5 Å². The fraction of sp³-hybridized carbons (Fsp3) is 0.375. The number of amides is 1. The number of nitrogens with one attached hydrogen (secondary N) is 1. The zero-order valence-corrected chi connectivity index (χ0v) is 8.01. The topological polar surface area (TPSA) is 54.9 Å². The van der Waals surface area contributed by atoms with Crippen LogP contribution in [-0.2, 0) is 4.79 Å². The molecule has 1 aromatic heterocycles. The zero-order chi connectivity index (χ0) is 9.68. The first kappa shape index (κ1) is 9.92. The monoisotopic (exact) mass is 199 g/mol. The summed E-state index contributed by atoms with van der Waals surface area (Å²) in [7, 11) is 0. The standard InChI is InChI=1S/C8H10ClN3O/c1-2-3-8(13)10-7-5-4-6(9)11-12-7/h4-5H,2-3H2,1H3,(H,10,12,13). The van der Waals surface area contributed by atoms with Crippen LogP contribution in [0.1, 0.15) is 19.8 Å². The van der Waals surface area contributed by atoms with Gasteiger partial charge in [0.15, 0.2) is 11.0 Å². The van der Waals surface area contributed by atoms with E-state index in [-0.39, 0.29) is 5.91 Å². The molecule has 1 amide bonds. The molecule has 0 saturated carbocycles. The number of hydrogen-bond donors (Lipinski definition) is 1. The number of carbonyl (C=O) groups is 1. The lowest BCUT2D eigenvalue weighted by Gasteiger charge is -2.01. The second-order valence-electron chi connectivity index (χ2n) is 2.54. The molecule has 0 aromatic carbocycles. The molecule has 0 aliphatic heterocycles. The van der Waals surface area contributed by atoms with Crippen molar-refractivity contribution in [2.24, 2.45) is 0 Å². The van der Waals surface area contributed by atoms with E-state index in [4.69, 9.17) is 11.6 Å². The van der Waals surface area contributed by atoms with Crippen molar-refractivity contribution < 1.29 is 4.79 Å². The Morgan fingerprint density at radius 1 is 1.54 bits per heavy atom. The molecular formula is C8H10ClN3O. The van der Waals surface area contributed by atoms with Crippen molar-refractivity contribution >= 4 is 23.3 Å². The molecular weight excluding hydrogens is 190 g/mol. The van der Waals surface area contributed by atoms with Crippen LogP contribution >= 0.6 is 11.6 Å². The number of nitrogens with zero attached hydrogens (tertiary/aromatic N) is 2. The Kier molecular flexibility index (Phi) is 3.64. The molecule has 1 aromatic rings. The first-order valence-corrected chi connectivity index (χ1v) is 4.39. The lowest BCUT2D eigenvalue weighted by molar-refractivity contribution is -0.116. The number of hydrogen-bond acceptors (Lipinski definition) is 3. The second kappa shape index (κ2) is 4.77. The van der Waals surface area contributed by atoms with Crippen LogP contribution in [0.2, 0.25) is 5.15 Å². The van der Waals surface area contributed by atoms with Gasteiger partial charge >= 0.3 is 0 Å². The summed E-state index contributed by atoms with van der Waals surface area (Å²) in [5.41, 5.74) is 0. The van der Waals surface area contributed by atoms with Crippen molar-refractivity contribution in [3.05, 3.63) is 17.3 Å². The molecule has 5 heteroatoms. The van der Waals surface area contributed by atoms with Gasteiger partial charge in [0.1, 0.15) is 0 Å². The Morgan fingerprint density at radius 3 is 2.85 bits per heavy atom. The summed E-state index contributed by atoms with van der Waals surface area (Å²) >= 11 is 5.52. The van der Waals surface area contributed by atoms with Crippen molar-refractivity contribution in [1.29, 1.82) is 0 Å². The number of halogens is 1. The average Bonchev–Trinajstić information content (AvgIpc) is 2.09. The highest BCUT2D eigenvalue weighted by molar-refractivity contribution is 6.29. The van der Waals surface area contributed by atoms with Gasteiger partial charge in [0.2, 0.25) is 5.91 Å². The van der Waals surface area contributed by atoms with Crippen LogP contribution in [0.15, 0.2) is 12.1 Å². The molecule has 70 valence electrons. The number of anilines is 1. The second-order valence-corrected chi connectivity index (χ2v) is 2.93. The Hall–Kier alpha value is -1.16. The molecule has 0 atom stereocenters. The first-order valence-electron chi connectivity index (χ1n) is 4.01. The van der Waals surface area contributed by atoms with Gasteiger partial charge < -0.3 is 5.32 Å². The van der Waals surface area contributed by atoms with E-state index >= 15 is 0 Å². The van der Waals surface area contributed by atoms with E-state index in [1.807, 2.05) is 6.92 Å². The van der Waals surface area contributed by atoms with Gasteiger partial charge in [-0.2, -0.15) is 0 Å². The number of carbonyl (C=O) groups excluding carboxylic acids is 1. The van der Waals surface area contributed by atoms with E-state index in [9.17, 15) is 4.79 Å². The molecule has 0 aliphatic rings. The average molecular weight is 200 g/mol. The van der Waals surface area contributed by atoms with Crippen molar-refractivity contribution in [1.82, 2.24) is 10.2 Å². The highest BCUT2D eigenvalue weighted by Crippen LogP contribution is 2.06. The lowest BCUT2D eigenvalue weighted by Crippen LogP contribution is -2.11. The smallest absolute Gasteiger partial charge is 0.225 e. The Balaban J connectivity index is 2.54. The zero-order valence-electron chi connectivity index (χ0n) is 7.25. The molecule has 0 spiro atoms. The molecule has 13 heavy (non-hydrogen) atoms. The molecule has 1 rings (SSSR count). The van der Waals surface area contributed by atoms with Gasteiger partial charge in [0, 0.05) is 6.42 Å². The van der Waals surface area contributed by atoms with Gasteiger partial charge in [-0.3, -0.25) is 4.79 Å². The summed E-state index contributed by atoms with van der Waals surface area (Å²) in [6.45, 7) is 1.94. The van der Waals surface area contributed by atoms with Gasteiger partial charge in [0.05, 0.1) is 0 Å². The Bertz CT molecular complexity index is 286. The van der Waals surface area contributed by atoms with Crippen LogP contribution in [-0.4, -0.2) is 16.1 Å². The number of aromatic nitrogens is 2. The van der Waals surface area contributed by atoms with E-state index < -0.39 is 0 Å². The third-order valence-electron chi connectivity index (χ3n) is 1.38. The van der Waals surface area contributed by atoms with E-state index in [1.54, 1.807) is 12.1 Å². The van der Waals surface area contributed by atoms with Crippen molar-refractivity contribution in [2.75, 3.05) is 5.32 Å². The molecule has 1 N–H and O–H groups in total. The summed E-state index contributed by atoms with van der Waals surface area (Å²) in [5.74, 6) is 0.377. The van der Waals surface area contributed by atoms with Crippen molar-refractivity contribution in [3.8, 4) is 0 Å². The highest BCUT2D eigenvalue weighted by Gasteiger charge is 2.01. The van der Waals surface area contributed by atoms with Gasteiger partial charge in [-0.05, 0) is 18.6 Å². The normalized spacial score (nSPS) is 9.69. The van der Waals surface area contributed by atoms with E-state index in [1.165, 1.54) is 0 Å². The minimum atomic E-state index is -0.0564. The van der Waals surface area contributed by atoms with Crippen LogP contribution in [0.3, 0.4) is 0 Å². The molecule has 0 unspecified atom stereocenters. The predicted molar refractivity (Wildman–Crippen MR) is 50.6 cm³/mol. The fourth-order valence-corrected chi connectivity index (χ4v) is 0.916. The van der Waals surface area contributed by atoms with Crippen LogP contribution < -0.4 is 5.32 Å². The van der Waals surface area contributed by atoms with E-state index in [0.29, 0.717) is 17.4 Å². The summed E-state index contributed by atoms with van der Waals surface area (Å²) < 4.78 is 0. The first-order chi connectivity index (χ1) is 6.22. The van der Waals surface area contributed by atoms with E-state index in [0.717, 1.165) is 6.42 Å². The molecule has 0 radical (unpaired) electrons. The molecule has 1 heterocycles. The molecule has 0 bridgehead atoms. The third-order valence-corrected chi connectivity index (χ3v) is 1.58. The Labute approximate surface area is 81.3 Å². The van der Waals surface area contributed by atoms with Crippen molar-refractivity contribution in [2.45, 2.75) is 19.8 Å². The maximum Gasteiger partial charge on any atom is 0.225 e. The summed E-state index contributed by atoms with van der Waals surface area (Å²) in [6, 6.07) is 3.19. The van der Waals surface area contributed by atoms with Gasteiger partial charge in [-0.15, -0.1) is 10.2 Å². The van der Waals surface area contributed by atoms with Crippen molar-refractivity contribution in [3.63, 3.8) is 0 Å². The highest BCUT2D eigenvalue weighted by atomic mass is 35.5. The molecule has 0 saturated heterocycles. The quantitative estimate of drug-likeness (QED) is 0.809. The summed E-state index contributed by atoms with van der Waals surface area (Å²) in [4.78, 5) is 11.1. The van der Waals surface area contributed by atoms with Crippen LogP contribution in [0.25, 0.3) is 0 Å². The molecule has 4 nitrogen and oxygen atoms in total. The maximum atomic E-state index is 11.1. The fourth-order valence-electron chi connectivity index (χ4n) is 0.815. The van der Waals surface area contributed by atoms with Crippen LogP contribution in [0.5, 0.6) is 0 Å². The summed E-state index contributed by atoms with van der Waals surface area (Å²) in [5, 5.41) is 10.2. The molecule has 0 aliphatic carbocycles. The predicted octanol–water partition coefficient (Wildman–Crippen LogP) is 1.87. The minimum Gasteiger partial charge on any atom is -0.309 e. The lowest BCUT2D eigenvalue weighted by atomic mass is 10.3. The van der Waals surface area contributed by atoms with Crippen LogP contribution in [0.4, 0.5) is 5.82 Å². The largest absolute Gasteiger partial charge is 0.309 e. The Morgan fingerprint density at radius 2 is 2.31 bits per heavy atom. The number of rotatable bonds is 3. The maximum absolute atomic E-state index is 11.1. The van der Waals surface area contributed by atoms with Gasteiger partial charge in [-0.1, -0.05) is 18.5 Å². The minimum absolute atomic E-state index is 0.0564. The van der Waals surface area contributed by atoms with Gasteiger partial charge in [-0.25, -0.2) is 0 Å². The van der Waals surface area contributed by atoms with Gasteiger partial charge in [0.25, 0.3) is 0 Å². The third kappa shape index (κ3) is 3.38. The molecule has 0 fully saturated rings. The SMILES string of the molecule is CCCC(=O)Nc1ccc(Cl)nn1. The summed E-state index contributed by atoms with van der Waals surface area (Å²) in [6.07, 6.45) is 1.30. The van der Waals surface area contributed by atoms with Crippen LogP contribution in [0, 0.1) is 0 Å².